The van der Waals surface area contributed by atoms with Crippen molar-refractivity contribution >= 4 is 39.5 Å². The van der Waals surface area contributed by atoms with E-state index >= 15 is 0 Å². The summed E-state index contributed by atoms with van der Waals surface area (Å²) in [7, 11) is 3.06. The molecule has 2 aromatic carbocycles. The molecule has 0 spiro atoms. The second kappa shape index (κ2) is 8.67. The third kappa shape index (κ3) is 4.57. The maximum atomic E-state index is 12.4. The molecule has 0 saturated carbocycles. The number of hydrogen-bond donors (Lipinski definition) is 1. The molecule has 1 N–H and O–H groups in total. The quantitative estimate of drug-likeness (QED) is 0.664. The van der Waals surface area contributed by atoms with Gasteiger partial charge in [-0.25, -0.2) is 0 Å². The van der Waals surface area contributed by atoms with E-state index in [1.807, 2.05) is 18.2 Å². The first-order chi connectivity index (χ1) is 13.0. The first-order valence-electron chi connectivity index (χ1n) is 8.34. The predicted octanol–water partition coefficient (Wildman–Crippen LogP) is 4.77. The number of hydrogen-bond acceptors (Lipinski definition) is 4. The van der Waals surface area contributed by atoms with Crippen LogP contribution in [0.4, 0.5) is 0 Å². The molecule has 1 unspecified atom stereocenters. The summed E-state index contributed by atoms with van der Waals surface area (Å²) in [5.41, 5.74) is 1.70. The van der Waals surface area contributed by atoms with Crippen LogP contribution < -0.4 is 19.5 Å². The van der Waals surface area contributed by atoms with E-state index in [2.05, 4.69) is 21.2 Å². The van der Waals surface area contributed by atoms with Gasteiger partial charge in [0.2, 0.25) is 5.91 Å². The van der Waals surface area contributed by atoms with Gasteiger partial charge in [0.25, 0.3) is 0 Å². The number of rotatable bonds is 5. The predicted molar refractivity (Wildman–Crippen MR) is 109 cm³/mol. The van der Waals surface area contributed by atoms with Gasteiger partial charge in [0.05, 0.1) is 31.9 Å². The van der Waals surface area contributed by atoms with Gasteiger partial charge in [-0.05, 0) is 42.0 Å². The fourth-order valence-electron chi connectivity index (χ4n) is 2.94. The highest BCUT2D eigenvalue weighted by Gasteiger charge is 2.22. The Hall–Kier alpha value is -2.18. The van der Waals surface area contributed by atoms with E-state index in [0.29, 0.717) is 29.5 Å². The van der Waals surface area contributed by atoms with Crippen LogP contribution in [0.15, 0.2) is 40.9 Å². The molecule has 2 aromatic rings. The van der Waals surface area contributed by atoms with E-state index in [4.69, 9.17) is 25.8 Å². The number of carbonyl (C=O) groups excluding carboxylic acids is 1. The summed E-state index contributed by atoms with van der Waals surface area (Å²) in [5.74, 6) is 1.57. The van der Waals surface area contributed by atoms with Crippen LogP contribution in [0, 0.1) is 0 Å². The second-order valence-electron chi connectivity index (χ2n) is 5.95. The minimum Gasteiger partial charge on any atom is -0.493 e. The van der Waals surface area contributed by atoms with E-state index in [1.165, 1.54) is 20.3 Å². The molecular formula is C20H19BrClNO4. The monoisotopic (exact) mass is 451 g/mol. The van der Waals surface area contributed by atoms with Crippen LogP contribution in [0.3, 0.4) is 0 Å². The molecule has 142 valence electrons. The first kappa shape index (κ1) is 19.6. The number of amides is 1. The molecule has 1 amide bonds. The van der Waals surface area contributed by atoms with Crippen molar-refractivity contribution in [3.63, 3.8) is 0 Å². The van der Waals surface area contributed by atoms with Crippen LogP contribution in [0.5, 0.6) is 17.2 Å². The van der Waals surface area contributed by atoms with E-state index < -0.39 is 0 Å². The Balaban J connectivity index is 1.74. The van der Waals surface area contributed by atoms with Gasteiger partial charge in [0.15, 0.2) is 11.5 Å². The smallest absolute Gasteiger partial charge is 0.244 e. The van der Waals surface area contributed by atoms with Gasteiger partial charge in [0, 0.05) is 22.5 Å². The summed E-state index contributed by atoms with van der Waals surface area (Å²) in [5, 5.41) is 3.44. The van der Waals surface area contributed by atoms with Crippen LogP contribution >= 0.6 is 27.5 Å². The largest absolute Gasteiger partial charge is 0.493 e. The molecule has 0 radical (unpaired) electrons. The average Bonchev–Trinajstić information content (AvgIpc) is 2.66. The summed E-state index contributed by atoms with van der Waals surface area (Å²) in [6.07, 6.45) is 3.88. The summed E-state index contributed by atoms with van der Waals surface area (Å²) >= 11 is 9.66. The fourth-order valence-corrected chi connectivity index (χ4v) is 3.62. The lowest BCUT2D eigenvalue weighted by atomic mass is 10.0. The molecule has 1 aliphatic rings. The van der Waals surface area contributed by atoms with Crippen molar-refractivity contribution in [3.05, 3.63) is 57.0 Å². The Kier molecular flexibility index (Phi) is 6.29. The zero-order valence-corrected chi connectivity index (χ0v) is 17.3. The molecule has 27 heavy (non-hydrogen) atoms. The topological polar surface area (TPSA) is 56.8 Å². The summed E-state index contributed by atoms with van der Waals surface area (Å²) in [4.78, 5) is 12.4. The van der Waals surface area contributed by atoms with Crippen molar-refractivity contribution in [3.8, 4) is 17.2 Å². The molecule has 7 heteroatoms. The highest BCUT2D eigenvalue weighted by Crippen LogP contribution is 2.36. The summed E-state index contributed by atoms with van der Waals surface area (Å²) < 4.78 is 17.1. The lowest BCUT2D eigenvalue weighted by Gasteiger charge is -2.26. The second-order valence-corrected chi connectivity index (χ2v) is 7.27. The molecule has 0 aliphatic carbocycles. The minimum absolute atomic E-state index is 0.0996. The molecule has 3 rings (SSSR count). The van der Waals surface area contributed by atoms with E-state index in [9.17, 15) is 4.79 Å². The number of halogens is 2. The Morgan fingerprint density at radius 2 is 2.11 bits per heavy atom. The third-order valence-corrected chi connectivity index (χ3v) is 4.98. The standard InChI is InChI=1S/C20H19BrClNO4/c1-25-18-10-12(9-15(22)20(18)26-2)3-6-19(24)23-16-7-8-27-17-5-4-13(21)11-14(16)17/h3-6,9-11,16H,7-8H2,1-2H3,(H,23,24)/b6-3+. The SMILES string of the molecule is COc1cc(/C=C/C(=O)NC2CCOc3ccc(Br)cc32)cc(Cl)c1OC. The van der Waals surface area contributed by atoms with E-state index in [0.717, 1.165) is 21.3 Å². The Bertz CT molecular complexity index is 885. The van der Waals surface area contributed by atoms with Crippen LogP contribution in [-0.2, 0) is 4.79 Å². The minimum atomic E-state index is -0.196. The molecule has 0 saturated heterocycles. The van der Waals surface area contributed by atoms with E-state index in [-0.39, 0.29) is 11.9 Å². The van der Waals surface area contributed by atoms with Crippen molar-refractivity contribution in [1.29, 1.82) is 0 Å². The molecule has 5 nitrogen and oxygen atoms in total. The first-order valence-corrected chi connectivity index (χ1v) is 9.51. The third-order valence-electron chi connectivity index (χ3n) is 4.21. The number of ether oxygens (including phenoxy) is 3. The van der Waals surface area contributed by atoms with Crippen LogP contribution in [0.2, 0.25) is 5.02 Å². The lowest BCUT2D eigenvalue weighted by molar-refractivity contribution is -0.117. The maximum absolute atomic E-state index is 12.4. The zero-order chi connectivity index (χ0) is 19.4. The van der Waals surface area contributed by atoms with Crippen molar-refractivity contribution < 1.29 is 19.0 Å². The molecule has 0 aromatic heterocycles. The normalized spacial score (nSPS) is 15.8. The number of methoxy groups -OCH3 is 2. The molecule has 1 atom stereocenters. The highest BCUT2D eigenvalue weighted by atomic mass is 79.9. The Morgan fingerprint density at radius 1 is 1.30 bits per heavy atom. The van der Waals surface area contributed by atoms with Gasteiger partial charge in [-0.2, -0.15) is 0 Å². The number of nitrogens with one attached hydrogen (secondary N) is 1. The fraction of sp³-hybridized carbons (Fsp3) is 0.250. The number of fused-ring (bicyclic) bond motifs is 1. The Labute approximate surface area is 171 Å². The van der Waals surface area contributed by atoms with Gasteiger partial charge >= 0.3 is 0 Å². The van der Waals surface area contributed by atoms with Crippen molar-refractivity contribution in [2.45, 2.75) is 12.5 Å². The molecule has 1 heterocycles. The van der Waals surface area contributed by atoms with Gasteiger partial charge < -0.3 is 19.5 Å². The van der Waals surface area contributed by atoms with E-state index in [1.54, 1.807) is 18.2 Å². The average molecular weight is 453 g/mol. The van der Waals surface area contributed by atoms with Crippen molar-refractivity contribution in [2.24, 2.45) is 0 Å². The van der Waals surface area contributed by atoms with Crippen molar-refractivity contribution in [1.82, 2.24) is 5.32 Å². The Morgan fingerprint density at radius 3 is 2.85 bits per heavy atom. The highest BCUT2D eigenvalue weighted by molar-refractivity contribution is 9.10. The summed E-state index contributed by atoms with van der Waals surface area (Å²) in [6, 6.07) is 9.17. The van der Waals surface area contributed by atoms with Gasteiger partial charge in [-0.15, -0.1) is 0 Å². The van der Waals surface area contributed by atoms with Crippen LogP contribution in [-0.4, -0.2) is 26.7 Å². The summed E-state index contributed by atoms with van der Waals surface area (Å²) in [6.45, 7) is 0.564. The number of carbonyl (C=O) groups is 1. The van der Waals surface area contributed by atoms with Crippen molar-refractivity contribution in [2.75, 3.05) is 20.8 Å². The lowest BCUT2D eigenvalue weighted by Crippen LogP contribution is -2.31. The maximum Gasteiger partial charge on any atom is 0.244 e. The van der Waals surface area contributed by atoms with Crippen LogP contribution in [0.1, 0.15) is 23.6 Å². The van der Waals surface area contributed by atoms with Crippen LogP contribution in [0.25, 0.3) is 6.08 Å². The molecule has 0 fully saturated rings. The number of benzene rings is 2. The van der Waals surface area contributed by atoms with Gasteiger partial charge in [-0.1, -0.05) is 27.5 Å². The van der Waals surface area contributed by atoms with Gasteiger partial charge in [-0.3, -0.25) is 4.79 Å². The zero-order valence-electron chi connectivity index (χ0n) is 14.9. The molecule has 1 aliphatic heterocycles. The molecule has 0 bridgehead atoms. The molecular weight excluding hydrogens is 434 g/mol. The van der Waals surface area contributed by atoms with Gasteiger partial charge in [0.1, 0.15) is 5.75 Å².